The molecule has 0 aliphatic heterocycles. The van der Waals surface area contributed by atoms with Gasteiger partial charge in [-0.3, -0.25) is 0 Å². The highest BCUT2D eigenvalue weighted by Crippen LogP contribution is 2.30. The fraction of sp³-hybridized carbons (Fsp3) is 0.500. The zero-order valence-electron chi connectivity index (χ0n) is 7.18. The minimum atomic E-state index is 0.0785. The monoisotopic (exact) mass is 239 g/mol. The number of aliphatic hydroxyl groups excluding tert-OH is 1. The first kappa shape index (κ1) is 11.3. The smallest absolute Gasteiger partial charge is 0.0989 e. The Morgan fingerprint density at radius 3 is 2.77 bits per heavy atom. The minimum absolute atomic E-state index is 0.0785. The van der Waals surface area contributed by atoms with Crippen LogP contribution in [-0.4, -0.2) is 17.8 Å². The van der Waals surface area contributed by atoms with Crippen LogP contribution in [0.5, 0.6) is 0 Å². The molecule has 0 spiro atoms. The van der Waals surface area contributed by atoms with Crippen LogP contribution in [0.2, 0.25) is 8.67 Å². The van der Waals surface area contributed by atoms with Crippen LogP contribution in [0, 0.1) is 0 Å². The topological polar surface area (TPSA) is 32.3 Å². The second kappa shape index (κ2) is 5.17. The molecule has 1 unspecified atom stereocenters. The van der Waals surface area contributed by atoms with E-state index in [4.69, 9.17) is 28.3 Å². The lowest BCUT2D eigenvalue weighted by atomic mass is 10.3. The molecule has 0 bridgehead atoms. The number of nitrogens with one attached hydrogen (secondary N) is 1. The Morgan fingerprint density at radius 2 is 2.31 bits per heavy atom. The first-order valence-corrected chi connectivity index (χ1v) is 5.48. The summed E-state index contributed by atoms with van der Waals surface area (Å²) in [6.45, 7) is 2.67. The van der Waals surface area contributed by atoms with Gasteiger partial charge in [0.15, 0.2) is 0 Å². The van der Waals surface area contributed by atoms with Gasteiger partial charge in [-0.2, -0.15) is 0 Å². The van der Waals surface area contributed by atoms with Crippen molar-refractivity contribution >= 4 is 34.5 Å². The van der Waals surface area contributed by atoms with Crippen molar-refractivity contribution in [2.24, 2.45) is 0 Å². The van der Waals surface area contributed by atoms with Crippen LogP contribution in [0.3, 0.4) is 0 Å². The molecule has 0 amide bonds. The second-order valence-corrected chi connectivity index (χ2v) is 5.10. The Balaban J connectivity index is 2.49. The molecule has 0 saturated carbocycles. The van der Waals surface area contributed by atoms with E-state index in [1.54, 1.807) is 0 Å². The molecule has 13 heavy (non-hydrogen) atoms. The van der Waals surface area contributed by atoms with Gasteiger partial charge >= 0.3 is 0 Å². The van der Waals surface area contributed by atoms with Gasteiger partial charge in [-0.15, -0.1) is 11.3 Å². The number of halogens is 2. The highest BCUT2D eigenvalue weighted by Gasteiger charge is 2.06. The van der Waals surface area contributed by atoms with Gasteiger partial charge in [0.2, 0.25) is 0 Å². The molecular formula is C8H11Cl2NOS. The average Bonchev–Trinajstić information content (AvgIpc) is 2.41. The van der Waals surface area contributed by atoms with Gasteiger partial charge in [0.25, 0.3) is 0 Å². The average molecular weight is 240 g/mol. The van der Waals surface area contributed by atoms with E-state index in [0.29, 0.717) is 15.2 Å². The molecule has 5 heteroatoms. The fourth-order valence-electron chi connectivity index (χ4n) is 0.844. The van der Waals surface area contributed by atoms with E-state index >= 15 is 0 Å². The summed E-state index contributed by atoms with van der Waals surface area (Å²) in [4.78, 5) is 0. The maximum Gasteiger partial charge on any atom is 0.0989 e. The van der Waals surface area contributed by atoms with E-state index in [2.05, 4.69) is 5.32 Å². The highest BCUT2D eigenvalue weighted by molar-refractivity contribution is 7.20. The number of aliphatic hydroxyl groups is 1. The summed E-state index contributed by atoms with van der Waals surface area (Å²) in [5.41, 5.74) is 0.983. The van der Waals surface area contributed by atoms with Gasteiger partial charge in [0.1, 0.15) is 0 Å². The van der Waals surface area contributed by atoms with E-state index in [0.717, 1.165) is 5.56 Å². The van der Waals surface area contributed by atoms with Crippen molar-refractivity contribution in [1.82, 2.24) is 5.32 Å². The highest BCUT2D eigenvalue weighted by atomic mass is 35.5. The van der Waals surface area contributed by atoms with Crippen LogP contribution in [0.15, 0.2) is 6.07 Å². The van der Waals surface area contributed by atoms with E-state index in [-0.39, 0.29) is 12.6 Å². The molecule has 0 radical (unpaired) electrons. The number of hydrogen-bond acceptors (Lipinski definition) is 3. The number of hydrogen-bond donors (Lipinski definition) is 2. The summed E-state index contributed by atoms with van der Waals surface area (Å²) in [6.07, 6.45) is 0. The molecule has 2 N–H and O–H groups in total. The minimum Gasteiger partial charge on any atom is -0.395 e. The van der Waals surface area contributed by atoms with E-state index in [1.807, 2.05) is 13.0 Å². The summed E-state index contributed by atoms with van der Waals surface area (Å²) in [6, 6.07) is 1.92. The largest absolute Gasteiger partial charge is 0.395 e. The zero-order chi connectivity index (χ0) is 9.84. The Labute approximate surface area is 91.5 Å². The van der Waals surface area contributed by atoms with Gasteiger partial charge in [0, 0.05) is 12.6 Å². The van der Waals surface area contributed by atoms with Crippen LogP contribution in [0.25, 0.3) is 0 Å². The number of thiophene rings is 1. The Kier molecular flexibility index (Phi) is 4.49. The second-order valence-electron chi connectivity index (χ2n) is 2.81. The summed E-state index contributed by atoms with van der Waals surface area (Å²) >= 11 is 13.0. The number of rotatable bonds is 4. The molecule has 74 valence electrons. The van der Waals surface area contributed by atoms with Crippen molar-refractivity contribution in [1.29, 1.82) is 0 Å². The standard InChI is InChI=1S/C8H11Cl2NOS/c1-5(4-12)11-3-6-2-7(9)13-8(6)10/h2,5,11-12H,3-4H2,1H3. The van der Waals surface area contributed by atoms with Gasteiger partial charge in [-0.25, -0.2) is 0 Å². The quantitative estimate of drug-likeness (QED) is 0.847. The fourth-order valence-corrected chi connectivity index (χ4v) is 2.33. The summed E-state index contributed by atoms with van der Waals surface area (Å²) in [5, 5.41) is 11.9. The molecule has 1 heterocycles. The first-order valence-electron chi connectivity index (χ1n) is 3.91. The molecule has 1 atom stereocenters. The normalized spacial score (nSPS) is 13.2. The third-order valence-electron chi connectivity index (χ3n) is 1.64. The summed E-state index contributed by atoms with van der Waals surface area (Å²) in [7, 11) is 0. The molecule has 0 aromatic carbocycles. The first-order chi connectivity index (χ1) is 6.13. The van der Waals surface area contributed by atoms with Gasteiger partial charge in [-0.05, 0) is 18.6 Å². The Morgan fingerprint density at radius 1 is 1.62 bits per heavy atom. The van der Waals surface area contributed by atoms with Crippen molar-refractivity contribution in [3.63, 3.8) is 0 Å². The maximum atomic E-state index is 8.77. The van der Waals surface area contributed by atoms with E-state index in [1.165, 1.54) is 11.3 Å². The van der Waals surface area contributed by atoms with Crippen LogP contribution in [0.4, 0.5) is 0 Å². The Hall–Kier alpha value is 0.200. The third-order valence-corrected chi connectivity index (χ3v) is 3.21. The molecule has 0 aliphatic rings. The molecule has 1 aromatic heterocycles. The van der Waals surface area contributed by atoms with Crippen LogP contribution in [-0.2, 0) is 6.54 Å². The summed E-state index contributed by atoms with van der Waals surface area (Å²) in [5.74, 6) is 0. The summed E-state index contributed by atoms with van der Waals surface area (Å²) < 4.78 is 1.40. The molecule has 1 rings (SSSR count). The SMILES string of the molecule is CC(CO)NCc1cc(Cl)sc1Cl. The van der Waals surface area contributed by atoms with Crippen molar-refractivity contribution in [2.75, 3.05) is 6.61 Å². The van der Waals surface area contributed by atoms with Crippen LogP contribution in [0.1, 0.15) is 12.5 Å². The lowest BCUT2D eigenvalue weighted by molar-refractivity contribution is 0.251. The molecule has 0 fully saturated rings. The van der Waals surface area contributed by atoms with Gasteiger partial charge < -0.3 is 10.4 Å². The lowest BCUT2D eigenvalue weighted by Crippen LogP contribution is -2.28. The van der Waals surface area contributed by atoms with Crippen molar-refractivity contribution < 1.29 is 5.11 Å². The maximum absolute atomic E-state index is 8.77. The van der Waals surface area contributed by atoms with Crippen molar-refractivity contribution in [3.05, 3.63) is 20.3 Å². The van der Waals surface area contributed by atoms with Gasteiger partial charge in [0.05, 0.1) is 15.3 Å². The van der Waals surface area contributed by atoms with E-state index < -0.39 is 0 Å². The predicted octanol–water partition coefficient (Wildman–Crippen LogP) is 2.53. The predicted molar refractivity (Wildman–Crippen MR) is 57.7 cm³/mol. The molecule has 1 aromatic rings. The van der Waals surface area contributed by atoms with Crippen LogP contribution < -0.4 is 5.32 Å². The Bertz CT molecular complexity index is 277. The molecule has 2 nitrogen and oxygen atoms in total. The van der Waals surface area contributed by atoms with Crippen LogP contribution >= 0.6 is 34.5 Å². The zero-order valence-corrected chi connectivity index (χ0v) is 9.51. The molecule has 0 aliphatic carbocycles. The molecule has 0 saturated heterocycles. The van der Waals surface area contributed by atoms with Crippen molar-refractivity contribution in [2.45, 2.75) is 19.5 Å². The van der Waals surface area contributed by atoms with Gasteiger partial charge in [-0.1, -0.05) is 23.2 Å². The van der Waals surface area contributed by atoms with Crippen molar-refractivity contribution in [3.8, 4) is 0 Å². The lowest BCUT2D eigenvalue weighted by Gasteiger charge is -2.09. The third kappa shape index (κ3) is 3.44. The van der Waals surface area contributed by atoms with E-state index in [9.17, 15) is 0 Å². The molecular weight excluding hydrogens is 229 g/mol.